The number of carbonyl (C=O) groups excluding carboxylic acids is 2. The fourth-order valence-electron chi connectivity index (χ4n) is 1.84. The van der Waals surface area contributed by atoms with Crippen LogP contribution in [0.1, 0.15) is 20.7 Å². The van der Waals surface area contributed by atoms with Gasteiger partial charge >= 0.3 is 11.9 Å². The van der Waals surface area contributed by atoms with Crippen molar-refractivity contribution in [1.29, 1.82) is 0 Å². The molecule has 0 amide bonds. The summed E-state index contributed by atoms with van der Waals surface area (Å²) in [5.41, 5.74) is -0.226. The molecule has 1 aliphatic rings. The van der Waals surface area contributed by atoms with Crippen molar-refractivity contribution in [3.05, 3.63) is 45.7 Å². The fraction of sp³-hybridized carbons (Fsp3) is 0. The summed E-state index contributed by atoms with van der Waals surface area (Å²) in [4.78, 5) is 36.8. The van der Waals surface area contributed by atoms with Crippen molar-refractivity contribution in [2.45, 2.75) is 0 Å². The van der Waals surface area contributed by atoms with Gasteiger partial charge in [-0.25, -0.2) is 9.59 Å². The molecule has 0 saturated carbocycles. The number of nitrogens with one attached hydrogen (secondary N) is 1. The van der Waals surface area contributed by atoms with Crippen molar-refractivity contribution >= 4 is 22.8 Å². The summed E-state index contributed by atoms with van der Waals surface area (Å²) in [5, 5.41) is 0.521. The third kappa shape index (κ3) is 0.967. The third-order valence-corrected chi connectivity index (χ3v) is 2.52. The van der Waals surface area contributed by atoms with Crippen LogP contribution in [0.2, 0.25) is 0 Å². The first kappa shape index (κ1) is 8.84. The fourth-order valence-corrected chi connectivity index (χ4v) is 1.84. The number of cyclic esters (lactones) is 2. The Labute approximate surface area is 88.7 Å². The van der Waals surface area contributed by atoms with E-state index in [2.05, 4.69) is 9.72 Å². The van der Waals surface area contributed by atoms with Gasteiger partial charge in [0.15, 0.2) is 0 Å². The normalized spacial score (nSPS) is 14.0. The second-order valence-electron chi connectivity index (χ2n) is 3.43. The molecule has 0 saturated heterocycles. The van der Waals surface area contributed by atoms with Crippen molar-refractivity contribution in [3.63, 3.8) is 0 Å². The molecule has 0 fully saturated rings. The number of fused-ring (bicyclic) bond motifs is 3. The molecule has 2 heterocycles. The lowest BCUT2D eigenvalue weighted by Crippen LogP contribution is -2.16. The van der Waals surface area contributed by atoms with E-state index in [1.54, 1.807) is 24.3 Å². The number of benzene rings is 1. The number of esters is 2. The smallest absolute Gasteiger partial charge is 0.352 e. The summed E-state index contributed by atoms with van der Waals surface area (Å²) in [6.07, 6.45) is 0. The molecule has 1 aliphatic heterocycles. The lowest BCUT2D eigenvalue weighted by molar-refractivity contribution is 0.0444. The molecular formula is C11H5NO4. The lowest BCUT2D eigenvalue weighted by atomic mass is 10.1. The van der Waals surface area contributed by atoms with Gasteiger partial charge in [-0.05, 0) is 6.07 Å². The number of pyridine rings is 1. The Kier molecular flexibility index (Phi) is 1.54. The van der Waals surface area contributed by atoms with E-state index in [0.29, 0.717) is 10.9 Å². The minimum absolute atomic E-state index is 0.0596. The molecule has 2 aromatic rings. The summed E-state index contributed by atoms with van der Waals surface area (Å²) in [6.45, 7) is 0. The van der Waals surface area contributed by atoms with Gasteiger partial charge in [0.05, 0.1) is 5.56 Å². The molecule has 5 nitrogen and oxygen atoms in total. The van der Waals surface area contributed by atoms with Crippen LogP contribution < -0.4 is 5.56 Å². The number of H-pyrrole nitrogens is 1. The van der Waals surface area contributed by atoms with Gasteiger partial charge in [-0.1, -0.05) is 18.2 Å². The average molecular weight is 215 g/mol. The quantitative estimate of drug-likeness (QED) is 0.521. The first-order valence-electron chi connectivity index (χ1n) is 4.60. The number of hydrogen-bond donors (Lipinski definition) is 1. The molecule has 0 bridgehead atoms. The number of para-hydroxylation sites is 1. The van der Waals surface area contributed by atoms with Crippen LogP contribution in [-0.2, 0) is 4.74 Å². The van der Waals surface area contributed by atoms with Crippen molar-refractivity contribution in [1.82, 2.24) is 4.98 Å². The number of rotatable bonds is 0. The molecule has 0 unspecified atom stereocenters. The van der Waals surface area contributed by atoms with Crippen LogP contribution >= 0.6 is 0 Å². The summed E-state index contributed by atoms with van der Waals surface area (Å²) in [7, 11) is 0. The van der Waals surface area contributed by atoms with E-state index in [-0.39, 0.29) is 11.1 Å². The molecule has 0 atom stereocenters. The van der Waals surface area contributed by atoms with Gasteiger partial charge in [-0.3, -0.25) is 4.79 Å². The highest BCUT2D eigenvalue weighted by atomic mass is 16.6. The zero-order chi connectivity index (χ0) is 11.3. The molecule has 3 rings (SSSR count). The van der Waals surface area contributed by atoms with Crippen LogP contribution in [0.3, 0.4) is 0 Å². The summed E-state index contributed by atoms with van der Waals surface area (Å²) in [6, 6.07) is 6.76. The molecule has 1 N–H and O–H groups in total. The van der Waals surface area contributed by atoms with E-state index in [4.69, 9.17) is 0 Å². The average Bonchev–Trinajstić information content (AvgIpc) is 2.55. The van der Waals surface area contributed by atoms with Crippen LogP contribution in [0.5, 0.6) is 0 Å². The maximum absolute atomic E-state index is 11.6. The van der Waals surface area contributed by atoms with E-state index in [0.717, 1.165) is 0 Å². The predicted octanol–water partition coefficient (Wildman–Crippen LogP) is 0.839. The molecule has 0 radical (unpaired) electrons. The molecule has 78 valence electrons. The van der Waals surface area contributed by atoms with Gasteiger partial charge < -0.3 is 9.72 Å². The Hall–Kier alpha value is -2.43. The summed E-state index contributed by atoms with van der Waals surface area (Å²) >= 11 is 0. The second kappa shape index (κ2) is 2.79. The minimum Gasteiger partial charge on any atom is -0.385 e. The minimum atomic E-state index is -0.882. The molecule has 5 heteroatoms. The summed E-state index contributed by atoms with van der Waals surface area (Å²) in [5.74, 6) is -1.64. The van der Waals surface area contributed by atoms with Gasteiger partial charge in [0, 0.05) is 10.9 Å². The van der Waals surface area contributed by atoms with Crippen LogP contribution in [0.15, 0.2) is 29.1 Å². The van der Waals surface area contributed by atoms with Crippen molar-refractivity contribution in [3.8, 4) is 0 Å². The Bertz CT molecular complexity index is 699. The molecule has 1 aromatic carbocycles. The maximum Gasteiger partial charge on any atom is 0.352 e. The van der Waals surface area contributed by atoms with Gasteiger partial charge in [0.2, 0.25) is 0 Å². The number of aromatic amines is 1. The molecule has 1 aromatic heterocycles. The predicted molar refractivity (Wildman–Crippen MR) is 54.3 cm³/mol. The van der Waals surface area contributed by atoms with E-state index in [1.807, 2.05) is 0 Å². The topological polar surface area (TPSA) is 76.2 Å². The Balaban J connectivity index is 2.59. The van der Waals surface area contributed by atoms with Gasteiger partial charge in [0.1, 0.15) is 5.56 Å². The van der Waals surface area contributed by atoms with Crippen molar-refractivity contribution < 1.29 is 14.3 Å². The van der Waals surface area contributed by atoms with Crippen molar-refractivity contribution in [2.24, 2.45) is 0 Å². The largest absolute Gasteiger partial charge is 0.385 e. The van der Waals surface area contributed by atoms with Gasteiger partial charge in [-0.15, -0.1) is 0 Å². The maximum atomic E-state index is 11.6. The zero-order valence-electron chi connectivity index (χ0n) is 7.94. The monoisotopic (exact) mass is 215 g/mol. The van der Waals surface area contributed by atoms with Crippen molar-refractivity contribution in [2.75, 3.05) is 0 Å². The second-order valence-corrected chi connectivity index (χ2v) is 3.43. The SMILES string of the molecule is O=C1OC(=O)c2c1c(=O)[nH]c1ccccc21. The molecular weight excluding hydrogens is 210 g/mol. The molecule has 0 spiro atoms. The van der Waals surface area contributed by atoms with Crippen LogP contribution in [0.4, 0.5) is 0 Å². The lowest BCUT2D eigenvalue weighted by Gasteiger charge is -1.99. The highest BCUT2D eigenvalue weighted by Crippen LogP contribution is 2.24. The summed E-state index contributed by atoms with van der Waals surface area (Å²) < 4.78 is 4.42. The van der Waals surface area contributed by atoms with Gasteiger partial charge in [0.25, 0.3) is 5.56 Å². The van der Waals surface area contributed by atoms with E-state index in [1.165, 1.54) is 0 Å². The Morgan fingerprint density at radius 1 is 0.938 bits per heavy atom. The third-order valence-electron chi connectivity index (χ3n) is 2.52. The van der Waals surface area contributed by atoms with Crippen LogP contribution in [0, 0.1) is 0 Å². The highest BCUT2D eigenvalue weighted by Gasteiger charge is 2.34. The number of carbonyl (C=O) groups is 2. The van der Waals surface area contributed by atoms with Crippen LogP contribution in [-0.4, -0.2) is 16.9 Å². The zero-order valence-corrected chi connectivity index (χ0v) is 7.94. The number of aromatic nitrogens is 1. The van der Waals surface area contributed by atoms with Crippen LogP contribution in [0.25, 0.3) is 10.9 Å². The van der Waals surface area contributed by atoms with Gasteiger partial charge in [-0.2, -0.15) is 0 Å². The van der Waals surface area contributed by atoms with E-state index < -0.39 is 17.5 Å². The highest BCUT2D eigenvalue weighted by molar-refractivity contribution is 6.20. The first-order valence-corrected chi connectivity index (χ1v) is 4.60. The Morgan fingerprint density at radius 3 is 2.44 bits per heavy atom. The number of ether oxygens (including phenoxy) is 1. The van der Waals surface area contributed by atoms with E-state index >= 15 is 0 Å². The van der Waals surface area contributed by atoms with E-state index in [9.17, 15) is 14.4 Å². The molecule has 0 aliphatic carbocycles. The molecule has 16 heavy (non-hydrogen) atoms. The number of hydrogen-bond acceptors (Lipinski definition) is 4. The first-order chi connectivity index (χ1) is 7.68. The standard InChI is InChI=1S/C11H5NO4/c13-9-8-7(10(14)16-11(8)15)5-3-1-2-4-6(5)12-9/h1-4H,(H,12,13). The Morgan fingerprint density at radius 2 is 1.62 bits per heavy atom.